The fourth-order valence-electron chi connectivity index (χ4n) is 0.828. The van der Waals surface area contributed by atoms with E-state index < -0.39 is 0 Å². The normalized spacial score (nSPS) is 10.6. The Morgan fingerprint density at radius 2 is 2.27 bits per heavy atom. The lowest BCUT2D eigenvalue weighted by atomic mass is 10.4. The van der Waals surface area contributed by atoms with Crippen LogP contribution in [0.2, 0.25) is 0 Å². The molecule has 11 heavy (non-hydrogen) atoms. The number of halogens is 1. The highest BCUT2D eigenvalue weighted by Gasteiger charge is 2.09. The van der Waals surface area contributed by atoms with Crippen LogP contribution in [0.15, 0.2) is 10.8 Å². The maximum Gasteiger partial charge on any atom is 0.171 e. The van der Waals surface area contributed by atoms with Crippen molar-refractivity contribution in [2.24, 2.45) is 0 Å². The Bertz CT molecular complexity index is 245. The molecule has 1 aromatic rings. The highest BCUT2D eigenvalue weighted by Crippen LogP contribution is 2.26. The lowest BCUT2D eigenvalue weighted by molar-refractivity contribution is 0.408. The fraction of sp³-hybridized carbons (Fsp3) is 0.571. The van der Waals surface area contributed by atoms with Gasteiger partial charge in [0.15, 0.2) is 5.75 Å². The van der Waals surface area contributed by atoms with Gasteiger partial charge in [0.05, 0.1) is 13.3 Å². The molecule has 0 aliphatic carbocycles. The second kappa shape index (κ2) is 3.26. The Labute approximate surface area is 74.5 Å². The first-order valence-corrected chi connectivity index (χ1v) is 4.23. The molecule has 0 N–H and O–H groups in total. The lowest BCUT2D eigenvalue weighted by Crippen LogP contribution is -2.02. The summed E-state index contributed by atoms with van der Waals surface area (Å²) in [5.41, 5.74) is 0. The molecule has 0 aliphatic heterocycles. The average molecular weight is 219 g/mol. The topological polar surface area (TPSA) is 27.1 Å². The summed E-state index contributed by atoms with van der Waals surface area (Å²) in [5.74, 6) is 0.777. The average Bonchev–Trinajstić information content (AvgIpc) is 2.30. The van der Waals surface area contributed by atoms with Crippen molar-refractivity contribution in [2.45, 2.75) is 19.9 Å². The van der Waals surface area contributed by atoms with Gasteiger partial charge in [-0.1, -0.05) is 0 Å². The minimum absolute atomic E-state index is 0.355. The third kappa shape index (κ3) is 1.56. The molecule has 1 aromatic heterocycles. The van der Waals surface area contributed by atoms with E-state index in [1.165, 1.54) is 0 Å². The number of nitrogens with zero attached hydrogens (tertiary/aromatic N) is 2. The van der Waals surface area contributed by atoms with Crippen LogP contribution in [0.4, 0.5) is 0 Å². The van der Waals surface area contributed by atoms with Crippen LogP contribution in [0.5, 0.6) is 5.75 Å². The second-order valence-corrected chi connectivity index (χ2v) is 3.29. The predicted molar refractivity (Wildman–Crippen MR) is 46.9 cm³/mol. The summed E-state index contributed by atoms with van der Waals surface area (Å²) in [7, 11) is 1.63. The zero-order chi connectivity index (χ0) is 8.43. The van der Waals surface area contributed by atoms with Gasteiger partial charge in [0.1, 0.15) is 4.60 Å². The zero-order valence-corrected chi connectivity index (χ0v) is 8.42. The standard InChI is InChI=1S/C7H11BrN2O/c1-5(2)10-7(8)6(11-3)4-9-10/h4-5H,1-3H3. The SMILES string of the molecule is COc1cnn(C(C)C)c1Br. The second-order valence-electron chi connectivity index (χ2n) is 2.54. The molecular formula is C7H11BrN2O. The van der Waals surface area contributed by atoms with Crippen molar-refractivity contribution in [2.75, 3.05) is 7.11 Å². The Balaban J connectivity index is 3.00. The molecule has 0 bridgehead atoms. The first kappa shape index (κ1) is 8.59. The van der Waals surface area contributed by atoms with Crippen molar-refractivity contribution in [1.29, 1.82) is 0 Å². The van der Waals surface area contributed by atoms with Crippen molar-refractivity contribution < 1.29 is 4.74 Å². The molecular weight excluding hydrogens is 208 g/mol. The van der Waals surface area contributed by atoms with E-state index in [0.29, 0.717) is 6.04 Å². The Morgan fingerprint density at radius 3 is 2.55 bits per heavy atom. The maximum absolute atomic E-state index is 5.05. The number of aromatic nitrogens is 2. The smallest absolute Gasteiger partial charge is 0.171 e. The first-order chi connectivity index (χ1) is 5.16. The van der Waals surface area contributed by atoms with Crippen molar-refractivity contribution in [3.05, 3.63) is 10.8 Å². The minimum Gasteiger partial charge on any atom is -0.492 e. The van der Waals surface area contributed by atoms with Gasteiger partial charge in [0, 0.05) is 6.04 Å². The molecule has 0 fully saturated rings. The highest BCUT2D eigenvalue weighted by atomic mass is 79.9. The molecule has 62 valence electrons. The third-order valence-corrected chi connectivity index (χ3v) is 2.17. The molecule has 3 nitrogen and oxygen atoms in total. The van der Waals surface area contributed by atoms with Crippen LogP contribution in [0.25, 0.3) is 0 Å². The van der Waals surface area contributed by atoms with E-state index in [2.05, 4.69) is 34.9 Å². The fourth-order valence-corrected chi connectivity index (χ4v) is 1.59. The minimum atomic E-state index is 0.355. The molecule has 0 aliphatic rings. The molecule has 0 aromatic carbocycles. The molecule has 0 spiro atoms. The third-order valence-electron chi connectivity index (χ3n) is 1.41. The van der Waals surface area contributed by atoms with Gasteiger partial charge >= 0.3 is 0 Å². The van der Waals surface area contributed by atoms with E-state index in [0.717, 1.165) is 10.4 Å². The predicted octanol–water partition coefficient (Wildman–Crippen LogP) is 2.24. The molecule has 0 saturated carbocycles. The van der Waals surface area contributed by atoms with Gasteiger partial charge < -0.3 is 4.74 Å². The van der Waals surface area contributed by atoms with Crippen LogP contribution in [-0.2, 0) is 0 Å². The van der Waals surface area contributed by atoms with Gasteiger partial charge in [-0.15, -0.1) is 0 Å². The summed E-state index contributed by atoms with van der Waals surface area (Å²) in [6.07, 6.45) is 1.70. The lowest BCUT2D eigenvalue weighted by Gasteiger charge is -2.06. The molecule has 0 saturated heterocycles. The Kier molecular flexibility index (Phi) is 2.54. The van der Waals surface area contributed by atoms with Crippen molar-refractivity contribution in [1.82, 2.24) is 9.78 Å². The van der Waals surface area contributed by atoms with Crippen molar-refractivity contribution >= 4 is 15.9 Å². The number of hydrogen-bond donors (Lipinski definition) is 0. The van der Waals surface area contributed by atoms with E-state index in [4.69, 9.17) is 4.74 Å². The highest BCUT2D eigenvalue weighted by molar-refractivity contribution is 9.10. The van der Waals surface area contributed by atoms with Crippen molar-refractivity contribution in [3.8, 4) is 5.75 Å². The molecule has 0 atom stereocenters. The number of hydrogen-bond acceptors (Lipinski definition) is 2. The van der Waals surface area contributed by atoms with E-state index in [-0.39, 0.29) is 0 Å². The van der Waals surface area contributed by atoms with E-state index in [1.54, 1.807) is 13.3 Å². The van der Waals surface area contributed by atoms with Crippen LogP contribution in [0, 0.1) is 0 Å². The van der Waals surface area contributed by atoms with Crippen LogP contribution in [-0.4, -0.2) is 16.9 Å². The van der Waals surface area contributed by atoms with E-state index in [9.17, 15) is 0 Å². The molecule has 4 heteroatoms. The molecule has 0 unspecified atom stereocenters. The van der Waals surface area contributed by atoms with Gasteiger partial charge in [-0.3, -0.25) is 4.68 Å². The summed E-state index contributed by atoms with van der Waals surface area (Å²) < 4.78 is 7.80. The molecule has 1 rings (SSSR count). The van der Waals surface area contributed by atoms with Gasteiger partial charge in [0.2, 0.25) is 0 Å². The van der Waals surface area contributed by atoms with Crippen LogP contribution in [0.1, 0.15) is 19.9 Å². The van der Waals surface area contributed by atoms with Crippen LogP contribution in [0.3, 0.4) is 0 Å². The molecule has 0 radical (unpaired) electrons. The summed E-state index contributed by atoms with van der Waals surface area (Å²) in [6.45, 7) is 4.13. The quantitative estimate of drug-likeness (QED) is 0.762. The first-order valence-electron chi connectivity index (χ1n) is 3.43. The monoisotopic (exact) mass is 218 g/mol. The Hall–Kier alpha value is -0.510. The van der Waals surface area contributed by atoms with Gasteiger partial charge in [0.25, 0.3) is 0 Å². The number of methoxy groups -OCH3 is 1. The summed E-state index contributed by atoms with van der Waals surface area (Å²) in [4.78, 5) is 0. The van der Waals surface area contributed by atoms with Gasteiger partial charge in [-0.25, -0.2) is 0 Å². The molecule has 0 amide bonds. The number of ether oxygens (including phenoxy) is 1. The molecule has 1 heterocycles. The van der Waals surface area contributed by atoms with E-state index in [1.807, 2.05) is 4.68 Å². The van der Waals surface area contributed by atoms with Crippen molar-refractivity contribution in [3.63, 3.8) is 0 Å². The summed E-state index contributed by atoms with van der Waals surface area (Å²) >= 11 is 3.39. The van der Waals surface area contributed by atoms with Gasteiger partial charge in [-0.2, -0.15) is 5.10 Å². The van der Waals surface area contributed by atoms with Gasteiger partial charge in [-0.05, 0) is 29.8 Å². The largest absolute Gasteiger partial charge is 0.492 e. The Morgan fingerprint density at radius 1 is 1.64 bits per heavy atom. The van der Waals surface area contributed by atoms with E-state index >= 15 is 0 Å². The zero-order valence-electron chi connectivity index (χ0n) is 6.84. The van der Waals surface area contributed by atoms with Crippen LogP contribution < -0.4 is 4.74 Å². The maximum atomic E-state index is 5.05. The van der Waals surface area contributed by atoms with Crippen LogP contribution >= 0.6 is 15.9 Å². The summed E-state index contributed by atoms with van der Waals surface area (Å²) in [6, 6.07) is 0.355. The number of rotatable bonds is 2. The summed E-state index contributed by atoms with van der Waals surface area (Å²) in [5, 5.41) is 4.13.